The van der Waals surface area contributed by atoms with Crippen molar-refractivity contribution in [1.82, 2.24) is 4.90 Å². The molecule has 0 bridgehead atoms. The first kappa shape index (κ1) is 11.5. The summed E-state index contributed by atoms with van der Waals surface area (Å²) in [6.45, 7) is 7.38. The van der Waals surface area contributed by atoms with Crippen molar-refractivity contribution in [3.63, 3.8) is 0 Å². The van der Waals surface area contributed by atoms with E-state index in [4.69, 9.17) is 0 Å². The lowest BCUT2D eigenvalue weighted by Gasteiger charge is -2.36. The first-order valence-electron chi connectivity index (χ1n) is 5.54. The molecule has 0 saturated carbocycles. The second-order valence-electron chi connectivity index (χ2n) is 4.42. The van der Waals surface area contributed by atoms with Gasteiger partial charge in [0.25, 0.3) is 0 Å². The quantitative estimate of drug-likeness (QED) is 0.545. The van der Waals surface area contributed by atoms with Crippen LogP contribution in [0.2, 0.25) is 0 Å². The molecule has 2 heteroatoms. The molecule has 78 valence electrons. The van der Waals surface area contributed by atoms with E-state index in [2.05, 4.69) is 34.7 Å². The highest BCUT2D eigenvalue weighted by Crippen LogP contribution is 2.21. The summed E-state index contributed by atoms with van der Waals surface area (Å²) >= 11 is 3.48. The van der Waals surface area contributed by atoms with Crippen LogP contribution in [0.5, 0.6) is 0 Å². The minimum Gasteiger partial charge on any atom is -0.300 e. The average molecular weight is 248 g/mol. The molecule has 1 nitrogen and oxygen atoms in total. The molecule has 1 heterocycles. The maximum absolute atomic E-state index is 3.48. The van der Waals surface area contributed by atoms with Gasteiger partial charge in [-0.1, -0.05) is 22.9 Å². The number of alkyl halides is 1. The number of piperidine rings is 1. The number of unbranched alkanes of at least 4 members (excludes halogenated alkanes) is 1. The van der Waals surface area contributed by atoms with Gasteiger partial charge in [0.05, 0.1) is 0 Å². The van der Waals surface area contributed by atoms with Crippen LogP contribution in [0.15, 0.2) is 0 Å². The molecule has 0 aromatic heterocycles. The highest BCUT2D eigenvalue weighted by atomic mass is 79.9. The zero-order valence-corrected chi connectivity index (χ0v) is 10.5. The van der Waals surface area contributed by atoms with E-state index < -0.39 is 0 Å². The molecule has 1 fully saturated rings. The van der Waals surface area contributed by atoms with E-state index in [9.17, 15) is 0 Å². The molecular formula is C11H22BrN. The highest BCUT2D eigenvalue weighted by Gasteiger charge is 2.21. The lowest BCUT2D eigenvalue weighted by Crippen LogP contribution is -2.41. The van der Waals surface area contributed by atoms with Crippen molar-refractivity contribution in [1.29, 1.82) is 0 Å². The van der Waals surface area contributed by atoms with E-state index >= 15 is 0 Å². The van der Waals surface area contributed by atoms with Crippen LogP contribution in [-0.2, 0) is 0 Å². The first-order chi connectivity index (χ1) is 6.24. The van der Waals surface area contributed by atoms with Crippen LogP contribution in [0, 0.1) is 5.92 Å². The zero-order chi connectivity index (χ0) is 9.68. The Kier molecular flexibility index (Phi) is 5.34. The van der Waals surface area contributed by atoms with Crippen molar-refractivity contribution in [2.45, 2.75) is 45.6 Å². The standard InChI is InChI=1S/C11H22BrN/c1-10-5-6-11(2)13(9-10)8-4-3-7-12/h10-11H,3-9H2,1-2H3. The molecule has 13 heavy (non-hydrogen) atoms. The first-order valence-corrected chi connectivity index (χ1v) is 6.66. The summed E-state index contributed by atoms with van der Waals surface area (Å²) in [5.74, 6) is 0.917. The molecule has 1 aliphatic heterocycles. The summed E-state index contributed by atoms with van der Waals surface area (Å²) in [5.41, 5.74) is 0. The largest absolute Gasteiger partial charge is 0.300 e. The van der Waals surface area contributed by atoms with Gasteiger partial charge in [-0.3, -0.25) is 0 Å². The lowest BCUT2D eigenvalue weighted by atomic mass is 9.95. The average Bonchev–Trinajstić information content (AvgIpc) is 2.11. The van der Waals surface area contributed by atoms with E-state index in [1.54, 1.807) is 0 Å². The second kappa shape index (κ2) is 6.02. The van der Waals surface area contributed by atoms with Gasteiger partial charge < -0.3 is 4.90 Å². The van der Waals surface area contributed by atoms with Gasteiger partial charge in [0, 0.05) is 17.9 Å². The molecule has 2 unspecified atom stereocenters. The summed E-state index contributed by atoms with van der Waals surface area (Å²) in [6, 6.07) is 0.825. The molecule has 0 spiro atoms. The van der Waals surface area contributed by atoms with Crippen molar-refractivity contribution < 1.29 is 0 Å². The number of rotatable bonds is 4. The highest BCUT2D eigenvalue weighted by molar-refractivity contribution is 9.09. The molecule has 0 N–H and O–H groups in total. The maximum atomic E-state index is 3.48. The van der Waals surface area contributed by atoms with Crippen LogP contribution < -0.4 is 0 Å². The van der Waals surface area contributed by atoms with Crippen molar-refractivity contribution in [3.8, 4) is 0 Å². The van der Waals surface area contributed by atoms with Crippen molar-refractivity contribution in [2.75, 3.05) is 18.4 Å². The Balaban J connectivity index is 2.21. The van der Waals surface area contributed by atoms with Crippen LogP contribution in [0.4, 0.5) is 0 Å². The molecule has 1 aliphatic rings. The van der Waals surface area contributed by atoms with E-state index in [0.717, 1.165) is 17.3 Å². The Labute approximate surface area is 91.0 Å². The number of likely N-dealkylation sites (tertiary alicyclic amines) is 1. The van der Waals surface area contributed by atoms with E-state index in [0.29, 0.717) is 0 Å². The summed E-state index contributed by atoms with van der Waals surface area (Å²) in [5, 5.41) is 1.16. The zero-order valence-electron chi connectivity index (χ0n) is 8.93. The van der Waals surface area contributed by atoms with Gasteiger partial charge in [0.2, 0.25) is 0 Å². The molecule has 0 aromatic carbocycles. The molecule has 0 aromatic rings. The van der Waals surface area contributed by atoms with Crippen molar-refractivity contribution in [3.05, 3.63) is 0 Å². The minimum atomic E-state index is 0.825. The van der Waals surface area contributed by atoms with Gasteiger partial charge in [0.15, 0.2) is 0 Å². The predicted molar refractivity (Wildman–Crippen MR) is 62.5 cm³/mol. The Hall–Kier alpha value is 0.440. The minimum absolute atomic E-state index is 0.825. The second-order valence-corrected chi connectivity index (χ2v) is 5.22. The molecule has 0 aliphatic carbocycles. The fourth-order valence-electron chi connectivity index (χ4n) is 2.10. The smallest absolute Gasteiger partial charge is 0.00671 e. The van der Waals surface area contributed by atoms with Crippen LogP contribution >= 0.6 is 15.9 Å². The third-order valence-corrected chi connectivity index (χ3v) is 3.64. The molecule has 0 radical (unpaired) electrons. The summed E-state index contributed by atoms with van der Waals surface area (Å²) < 4.78 is 0. The fourth-order valence-corrected chi connectivity index (χ4v) is 2.50. The van der Waals surface area contributed by atoms with Gasteiger partial charge in [0.1, 0.15) is 0 Å². The normalized spacial score (nSPS) is 30.7. The van der Waals surface area contributed by atoms with Crippen molar-refractivity contribution in [2.24, 2.45) is 5.92 Å². The third kappa shape index (κ3) is 3.99. The van der Waals surface area contributed by atoms with Gasteiger partial charge in [-0.05, 0) is 45.1 Å². The maximum Gasteiger partial charge on any atom is 0.00671 e. The van der Waals surface area contributed by atoms with E-state index in [1.807, 2.05) is 0 Å². The van der Waals surface area contributed by atoms with Gasteiger partial charge >= 0.3 is 0 Å². The molecule has 2 atom stereocenters. The van der Waals surface area contributed by atoms with Crippen LogP contribution in [0.3, 0.4) is 0 Å². The lowest BCUT2D eigenvalue weighted by molar-refractivity contribution is 0.123. The number of hydrogen-bond acceptors (Lipinski definition) is 1. The summed E-state index contributed by atoms with van der Waals surface area (Å²) in [7, 11) is 0. The fraction of sp³-hybridized carbons (Fsp3) is 1.00. The number of halogens is 1. The summed E-state index contributed by atoms with van der Waals surface area (Å²) in [6.07, 6.45) is 5.49. The van der Waals surface area contributed by atoms with E-state index in [1.165, 1.54) is 38.8 Å². The van der Waals surface area contributed by atoms with Crippen molar-refractivity contribution >= 4 is 15.9 Å². The number of nitrogens with zero attached hydrogens (tertiary/aromatic N) is 1. The Morgan fingerprint density at radius 2 is 2.00 bits per heavy atom. The van der Waals surface area contributed by atoms with Gasteiger partial charge in [-0.25, -0.2) is 0 Å². The summed E-state index contributed by atoms with van der Waals surface area (Å²) in [4.78, 5) is 2.66. The Morgan fingerprint density at radius 3 is 2.69 bits per heavy atom. The Bertz CT molecular complexity index is 138. The molecule has 1 saturated heterocycles. The third-order valence-electron chi connectivity index (χ3n) is 3.08. The van der Waals surface area contributed by atoms with E-state index in [-0.39, 0.29) is 0 Å². The SMILES string of the molecule is CC1CCC(C)N(CCCCBr)C1. The molecule has 0 amide bonds. The van der Waals surface area contributed by atoms with Gasteiger partial charge in [-0.15, -0.1) is 0 Å². The monoisotopic (exact) mass is 247 g/mol. The predicted octanol–water partition coefficient (Wildman–Crippen LogP) is 3.28. The molecule has 1 rings (SSSR count). The van der Waals surface area contributed by atoms with Gasteiger partial charge in [-0.2, -0.15) is 0 Å². The Morgan fingerprint density at radius 1 is 1.23 bits per heavy atom. The topological polar surface area (TPSA) is 3.24 Å². The van der Waals surface area contributed by atoms with Crippen LogP contribution in [0.1, 0.15) is 39.5 Å². The van der Waals surface area contributed by atoms with Crippen LogP contribution in [-0.4, -0.2) is 29.4 Å². The van der Waals surface area contributed by atoms with Crippen LogP contribution in [0.25, 0.3) is 0 Å². The molecular weight excluding hydrogens is 226 g/mol. The number of hydrogen-bond donors (Lipinski definition) is 0.